The van der Waals surface area contributed by atoms with Gasteiger partial charge >= 0.3 is 5.69 Å². The van der Waals surface area contributed by atoms with Crippen LogP contribution in [-0.4, -0.2) is 48.0 Å². The number of imidazole rings is 1. The first-order valence-electron chi connectivity index (χ1n) is 16.6. The fraction of sp³-hybridized carbons (Fsp3) is 0.289. The van der Waals surface area contributed by atoms with E-state index in [2.05, 4.69) is 31.2 Å². The number of carbonyl (C=O) groups is 2. The second-order valence-corrected chi connectivity index (χ2v) is 13.5. The lowest BCUT2D eigenvalue weighted by Crippen LogP contribution is -2.47. The molecule has 3 heterocycles. The lowest BCUT2D eigenvalue weighted by atomic mass is 10.0. The number of hydrogen-bond donors (Lipinski definition) is 1. The van der Waals surface area contributed by atoms with E-state index in [0.717, 1.165) is 57.6 Å². The Bertz CT molecular complexity index is 2120. The van der Waals surface area contributed by atoms with Gasteiger partial charge in [0.1, 0.15) is 17.8 Å². The summed E-state index contributed by atoms with van der Waals surface area (Å²) in [6, 6.07) is 22.2. The second kappa shape index (κ2) is 13.5. The molecule has 5 aromatic rings. The van der Waals surface area contributed by atoms with Gasteiger partial charge in [-0.25, -0.2) is 14.8 Å². The van der Waals surface area contributed by atoms with E-state index in [1.165, 1.54) is 4.57 Å². The number of fused-ring (bicyclic) bond motifs is 1. The van der Waals surface area contributed by atoms with Crippen molar-refractivity contribution in [3.05, 3.63) is 128 Å². The van der Waals surface area contributed by atoms with Crippen LogP contribution in [0.1, 0.15) is 70.1 Å². The highest BCUT2D eigenvalue weighted by atomic mass is 79.9. The predicted octanol–water partition coefficient (Wildman–Crippen LogP) is 6.25. The zero-order valence-corrected chi connectivity index (χ0v) is 29.2. The van der Waals surface area contributed by atoms with Gasteiger partial charge in [0.05, 0.1) is 29.7 Å². The minimum atomic E-state index is -0.419. The third kappa shape index (κ3) is 6.55. The van der Waals surface area contributed by atoms with Gasteiger partial charge in [0, 0.05) is 40.4 Å². The minimum absolute atomic E-state index is 0.0975. The van der Waals surface area contributed by atoms with Crippen LogP contribution >= 0.6 is 15.9 Å². The molecule has 1 N–H and O–H groups in total. The van der Waals surface area contributed by atoms with Crippen molar-refractivity contribution >= 4 is 27.7 Å². The molecular weight excluding hydrogens is 684 g/mol. The Morgan fingerprint density at radius 2 is 1.80 bits per heavy atom. The fourth-order valence-electron chi connectivity index (χ4n) is 6.28. The van der Waals surface area contributed by atoms with E-state index in [9.17, 15) is 14.4 Å². The van der Waals surface area contributed by atoms with Crippen molar-refractivity contribution in [1.29, 1.82) is 0 Å². The summed E-state index contributed by atoms with van der Waals surface area (Å²) >= 11 is 3.52. The Labute approximate surface area is 292 Å². The number of aryl methyl sites for hydroxylation is 2. The molecule has 0 unspecified atom stereocenters. The molecule has 2 aliphatic rings. The first-order chi connectivity index (χ1) is 23.7. The van der Waals surface area contributed by atoms with E-state index in [-0.39, 0.29) is 49.1 Å². The number of halogens is 1. The second-order valence-electron chi connectivity index (χ2n) is 12.7. The van der Waals surface area contributed by atoms with Crippen LogP contribution in [0.4, 0.5) is 0 Å². The maximum Gasteiger partial charge on any atom is 0.333 e. The third-order valence-corrected chi connectivity index (χ3v) is 10.1. The third-order valence-electron chi connectivity index (χ3n) is 9.17. The summed E-state index contributed by atoms with van der Waals surface area (Å²) in [5, 5.41) is 3.09. The van der Waals surface area contributed by atoms with Gasteiger partial charge in [-0.2, -0.15) is 0 Å². The number of hydrogen-bond acceptors (Lipinski definition) is 6. The molecule has 1 aliphatic carbocycles. The molecule has 1 atom stereocenters. The molecule has 10 nitrogen and oxygen atoms in total. The highest BCUT2D eigenvalue weighted by Crippen LogP contribution is 2.29. The molecule has 0 radical (unpaired) electrons. The number of amides is 2. The standard InChI is InChI=1S/C38H37BrN6O4/c1-4-27-18-33(42-22-41-27)31-8-6-5-7-26(31)19-40-36(46)35-34-21-43(37(47)25-9-16-32(39)23(2)17-25)24(3)20-44(34)38(48)45(35)28-10-12-29(13-11-28)49-30-14-15-30/h5-13,16-18,22,24,30H,4,14-15,19-21H2,1-3H3,(H,40,46)/t24-/m1/s1. The Balaban J connectivity index is 1.25. The number of nitrogens with zero attached hydrogens (tertiary/aromatic N) is 5. The quantitative estimate of drug-likeness (QED) is 0.193. The van der Waals surface area contributed by atoms with E-state index in [0.29, 0.717) is 16.9 Å². The fourth-order valence-corrected chi connectivity index (χ4v) is 6.53. The Morgan fingerprint density at radius 1 is 1.02 bits per heavy atom. The number of ether oxygens (including phenoxy) is 1. The minimum Gasteiger partial charge on any atom is -0.490 e. The highest BCUT2D eigenvalue weighted by molar-refractivity contribution is 9.10. The largest absolute Gasteiger partial charge is 0.490 e. The normalized spacial score (nSPS) is 15.5. The van der Waals surface area contributed by atoms with Crippen LogP contribution in [0.5, 0.6) is 5.75 Å². The molecule has 1 aliphatic heterocycles. The van der Waals surface area contributed by atoms with E-state index in [1.54, 1.807) is 34.0 Å². The first-order valence-corrected chi connectivity index (χ1v) is 17.4. The summed E-state index contributed by atoms with van der Waals surface area (Å²) in [4.78, 5) is 52.9. The van der Waals surface area contributed by atoms with Crippen molar-refractivity contribution in [2.24, 2.45) is 0 Å². The molecule has 3 aromatic carbocycles. The number of carbonyl (C=O) groups excluding carboxylic acids is 2. The van der Waals surface area contributed by atoms with Crippen molar-refractivity contribution in [2.45, 2.75) is 71.8 Å². The van der Waals surface area contributed by atoms with Gasteiger partial charge in [-0.1, -0.05) is 47.1 Å². The van der Waals surface area contributed by atoms with Gasteiger partial charge in [0.25, 0.3) is 11.8 Å². The van der Waals surface area contributed by atoms with Crippen molar-refractivity contribution in [2.75, 3.05) is 0 Å². The molecule has 0 spiro atoms. The molecule has 1 fully saturated rings. The molecule has 2 amide bonds. The molecule has 11 heteroatoms. The first kappa shape index (κ1) is 32.5. The number of rotatable bonds is 9. The Kier molecular flexibility index (Phi) is 8.94. The summed E-state index contributed by atoms with van der Waals surface area (Å²) in [6.45, 7) is 6.45. The van der Waals surface area contributed by atoms with Gasteiger partial charge < -0.3 is 15.0 Å². The maximum absolute atomic E-state index is 14.3. The Morgan fingerprint density at radius 3 is 2.53 bits per heavy atom. The smallest absolute Gasteiger partial charge is 0.333 e. The van der Waals surface area contributed by atoms with Gasteiger partial charge in [-0.15, -0.1) is 0 Å². The molecular formula is C38H37BrN6O4. The lowest BCUT2D eigenvalue weighted by Gasteiger charge is -2.34. The zero-order valence-electron chi connectivity index (χ0n) is 27.6. The van der Waals surface area contributed by atoms with Crippen molar-refractivity contribution in [1.82, 2.24) is 29.3 Å². The predicted molar refractivity (Wildman–Crippen MR) is 190 cm³/mol. The van der Waals surface area contributed by atoms with Gasteiger partial charge in [-0.05, 0) is 92.8 Å². The Hall–Kier alpha value is -5.03. The maximum atomic E-state index is 14.3. The number of benzene rings is 3. The lowest BCUT2D eigenvalue weighted by molar-refractivity contribution is 0.0610. The molecule has 250 valence electrons. The summed E-state index contributed by atoms with van der Waals surface area (Å²) in [7, 11) is 0. The van der Waals surface area contributed by atoms with Crippen LogP contribution in [0.3, 0.4) is 0 Å². The van der Waals surface area contributed by atoms with Crippen molar-refractivity contribution in [3.63, 3.8) is 0 Å². The topological polar surface area (TPSA) is 111 Å². The molecule has 1 saturated carbocycles. The van der Waals surface area contributed by atoms with Crippen molar-refractivity contribution < 1.29 is 14.3 Å². The van der Waals surface area contributed by atoms with Crippen LogP contribution < -0.4 is 15.7 Å². The van der Waals surface area contributed by atoms with E-state index in [4.69, 9.17) is 4.74 Å². The summed E-state index contributed by atoms with van der Waals surface area (Å²) in [6.07, 6.45) is 4.63. The molecule has 0 saturated heterocycles. The van der Waals surface area contributed by atoms with E-state index < -0.39 is 5.91 Å². The highest BCUT2D eigenvalue weighted by Gasteiger charge is 2.35. The number of aromatic nitrogens is 4. The summed E-state index contributed by atoms with van der Waals surface area (Å²) in [5.74, 6) is 0.141. The number of nitrogens with one attached hydrogen (secondary N) is 1. The van der Waals surface area contributed by atoms with Crippen LogP contribution in [0.25, 0.3) is 16.9 Å². The van der Waals surface area contributed by atoms with E-state index >= 15 is 0 Å². The van der Waals surface area contributed by atoms with Crippen LogP contribution in [0.15, 0.2) is 88.4 Å². The van der Waals surface area contributed by atoms with Gasteiger partial charge in [0.2, 0.25) is 0 Å². The zero-order chi connectivity index (χ0) is 34.2. The van der Waals surface area contributed by atoms with Crippen LogP contribution in [0.2, 0.25) is 0 Å². The summed E-state index contributed by atoms with van der Waals surface area (Å²) in [5.41, 5.74) is 5.85. The molecule has 2 aromatic heterocycles. The summed E-state index contributed by atoms with van der Waals surface area (Å²) < 4.78 is 9.95. The van der Waals surface area contributed by atoms with Gasteiger partial charge in [0.15, 0.2) is 0 Å². The SMILES string of the molecule is CCc1cc(-c2ccccc2CNC(=O)c2c3n(c(=O)n2-c2ccc(OC4CC4)cc2)C[C@@H](C)N(C(=O)c2ccc(Br)c(C)c2)C3)ncn1. The molecule has 7 rings (SSSR count). The van der Waals surface area contributed by atoms with Crippen LogP contribution in [-0.2, 0) is 26.1 Å². The average molecular weight is 722 g/mol. The van der Waals surface area contributed by atoms with Crippen LogP contribution in [0, 0.1) is 6.92 Å². The van der Waals surface area contributed by atoms with Crippen molar-refractivity contribution in [3.8, 4) is 22.7 Å². The van der Waals surface area contributed by atoms with Gasteiger partial charge in [-0.3, -0.25) is 18.7 Å². The molecule has 0 bridgehead atoms. The monoisotopic (exact) mass is 720 g/mol. The van der Waals surface area contributed by atoms with E-state index in [1.807, 2.05) is 75.4 Å². The molecule has 49 heavy (non-hydrogen) atoms. The average Bonchev–Trinajstić information content (AvgIpc) is 3.90.